The van der Waals surface area contributed by atoms with Gasteiger partial charge < -0.3 is 15.1 Å². The SMILES string of the molecule is C1=Cc2ccccc2ON1.Oc1ccccc1.Oc1ccccc1. The lowest BCUT2D eigenvalue weighted by Crippen LogP contribution is -2.13. The van der Waals surface area contributed by atoms with Crippen molar-refractivity contribution in [2.45, 2.75) is 0 Å². The van der Waals surface area contributed by atoms with Crippen LogP contribution in [-0.4, -0.2) is 10.2 Å². The molecule has 3 N–H and O–H groups in total. The molecule has 1 heterocycles. The summed E-state index contributed by atoms with van der Waals surface area (Å²) in [7, 11) is 0. The molecule has 0 bridgehead atoms. The minimum atomic E-state index is 0.322. The molecule has 1 aliphatic heterocycles. The van der Waals surface area contributed by atoms with Crippen molar-refractivity contribution in [1.29, 1.82) is 0 Å². The van der Waals surface area contributed by atoms with Crippen molar-refractivity contribution in [2.75, 3.05) is 0 Å². The molecule has 3 aromatic rings. The standard InChI is InChI=1S/C8H7NO.2C6H6O/c1-2-4-8-7(3-1)5-6-9-10-8;2*7-6-4-2-1-3-5-6/h1-6,9H;2*1-5,7H. The van der Waals surface area contributed by atoms with Gasteiger partial charge in [-0.2, -0.15) is 0 Å². The number of fused-ring (bicyclic) bond motifs is 1. The summed E-state index contributed by atoms with van der Waals surface area (Å²) < 4.78 is 0. The highest BCUT2D eigenvalue weighted by atomic mass is 16.6. The number of aromatic hydroxyl groups is 2. The highest BCUT2D eigenvalue weighted by Crippen LogP contribution is 2.20. The molecule has 1 aliphatic rings. The van der Waals surface area contributed by atoms with Gasteiger partial charge in [-0.1, -0.05) is 54.6 Å². The number of phenols is 2. The number of hydrogen-bond donors (Lipinski definition) is 3. The third-order valence-electron chi connectivity index (χ3n) is 2.93. The van der Waals surface area contributed by atoms with E-state index < -0.39 is 0 Å². The fraction of sp³-hybridized carbons (Fsp3) is 0. The van der Waals surface area contributed by atoms with Crippen molar-refractivity contribution in [1.82, 2.24) is 5.48 Å². The van der Waals surface area contributed by atoms with Crippen molar-refractivity contribution in [3.8, 4) is 17.2 Å². The zero-order valence-electron chi connectivity index (χ0n) is 13.0. The monoisotopic (exact) mass is 321 g/mol. The van der Waals surface area contributed by atoms with E-state index in [0.29, 0.717) is 11.5 Å². The molecule has 0 saturated carbocycles. The molecular weight excluding hydrogens is 302 g/mol. The van der Waals surface area contributed by atoms with Crippen LogP contribution in [0.2, 0.25) is 0 Å². The molecule has 0 radical (unpaired) electrons. The van der Waals surface area contributed by atoms with Gasteiger partial charge in [-0.25, -0.2) is 5.48 Å². The van der Waals surface area contributed by atoms with Gasteiger partial charge in [-0.05, 0) is 36.4 Å². The Morgan fingerprint density at radius 3 is 1.58 bits per heavy atom. The lowest BCUT2D eigenvalue weighted by molar-refractivity contribution is 0.239. The van der Waals surface area contributed by atoms with Crippen LogP contribution in [-0.2, 0) is 0 Å². The third kappa shape index (κ3) is 6.15. The minimum absolute atomic E-state index is 0.322. The van der Waals surface area contributed by atoms with Crippen LogP contribution in [0.4, 0.5) is 0 Å². The fourth-order valence-electron chi connectivity index (χ4n) is 1.79. The van der Waals surface area contributed by atoms with Gasteiger partial charge in [0.1, 0.15) is 11.5 Å². The molecule has 0 saturated heterocycles. The van der Waals surface area contributed by atoms with Crippen LogP contribution in [0.3, 0.4) is 0 Å². The van der Waals surface area contributed by atoms with Gasteiger partial charge in [0.05, 0.1) is 0 Å². The number of hydrogen-bond acceptors (Lipinski definition) is 4. The molecule has 3 aromatic carbocycles. The Hall–Kier alpha value is -3.40. The van der Waals surface area contributed by atoms with Crippen molar-refractivity contribution in [2.24, 2.45) is 0 Å². The highest BCUT2D eigenvalue weighted by molar-refractivity contribution is 5.57. The zero-order chi connectivity index (χ0) is 17.0. The quantitative estimate of drug-likeness (QED) is 0.576. The summed E-state index contributed by atoms with van der Waals surface area (Å²) in [6.07, 6.45) is 3.74. The summed E-state index contributed by atoms with van der Waals surface area (Å²) in [4.78, 5) is 5.09. The Morgan fingerprint density at radius 1 is 0.625 bits per heavy atom. The van der Waals surface area contributed by atoms with E-state index in [1.54, 1.807) is 54.7 Å². The first-order chi connectivity index (χ1) is 11.8. The van der Waals surface area contributed by atoms with Gasteiger partial charge in [0.15, 0.2) is 5.75 Å². The van der Waals surface area contributed by atoms with E-state index in [1.165, 1.54) is 0 Å². The third-order valence-corrected chi connectivity index (χ3v) is 2.93. The summed E-state index contributed by atoms with van der Waals surface area (Å²) in [6, 6.07) is 25.3. The number of hydroxylamine groups is 1. The first-order valence-electron chi connectivity index (χ1n) is 7.41. The number of rotatable bonds is 0. The van der Waals surface area contributed by atoms with Crippen LogP contribution < -0.4 is 10.3 Å². The van der Waals surface area contributed by atoms with E-state index >= 15 is 0 Å². The second-order valence-electron chi connectivity index (χ2n) is 4.76. The molecule has 4 rings (SSSR count). The van der Waals surface area contributed by atoms with Gasteiger partial charge >= 0.3 is 0 Å². The lowest BCUT2D eigenvalue weighted by atomic mass is 10.2. The minimum Gasteiger partial charge on any atom is -0.508 e. The van der Waals surface area contributed by atoms with Crippen LogP contribution in [0.1, 0.15) is 5.56 Å². The summed E-state index contributed by atoms with van der Waals surface area (Å²) in [5.41, 5.74) is 3.77. The van der Waals surface area contributed by atoms with Crippen LogP contribution in [0.5, 0.6) is 17.2 Å². The van der Waals surface area contributed by atoms with E-state index in [-0.39, 0.29) is 0 Å². The number of phenolic OH excluding ortho intramolecular Hbond substituents is 2. The molecule has 0 unspecified atom stereocenters. The van der Waals surface area contributed by atoms with E-state index in [0.717, 1.165) is 11.3 Å². The highest BCUT2D eigenvalue weighted by Gasteiger charge is 2.01. The Labute approximate surface area is 141 Å². The number of nitrogens with one attached hydrogen (secondary N) is 1. The maximum absolute atomic E-state index is 8.63. The van der Waals surface area contributed by atoms with Gasteiger partial charge in [0.25, 0.3) is 0 Å². The Balaban J connectivity index is 0.000000134. The summed E-state index contributed by atoms with van der Waals surface area (Å²) in [5, 5.41) is 17.3. The van der Waals surface area contributed by atoms with E-state index in [9.17, 15) is 0 Å². The predicted octanol–water partition coefficient (Wildman–Crippen LogP) is 4.34. The van der Waals surface area contributed by atoms with E-state index in [4.69, 9.17) is 15.1 Å². The molecule has 0 spiro atoms. The van der Waals surface area contributed by atoms with Crippen molar-refractivity contribution < 1.29 is 15.1 Å². The Bertz CT molecular complexity index is 706. The number of benzene rings is 3. The Morgan fingerprint density at radius 2 is 1.12 bits per heavy atom. The maximum atomic E-state index is 8.63. The molecule has 24 heavy (non-hydrogen) atoms. The normalized spacial score (nSPS) is 10.5. The second kappa shape index (κ2) is 9.58. The topological polar surface area (TPSA) is 61.7 Å². The van der Waals surface area contributed by atoms with Crippen molar-refractivity contribution in [3.63, 3.8) is 0 Å². The lowest BCUT2D eigenvalue weighted by Gasteiger charge is -2.11. The summed E-state index contributed by atoms with van der Waals surface area (Å²) >= 11 is 0. The zero-order valence-corrected chi connectivity index (χ0v) is 13.0. The van der Waals surface area contributed by atoms with Gasteiger partial charge in [-0.3, -0.25) is 0 Å². The molecule has 0 aromatic heterocycles. The Kier molecular flexibility index (Phi) is 6.77. The predicted molar refractivity (Wildman–Crippen MR) is 95.5 cm³/mol. The summed E-state index contributed by atoms with van der Waals surface area (Å²) in [5.74, 6) is 1.52. The molecule has 0 fully saturated rings. The van der Waals surface area contributed by atoms with Crippen LogP contribution in [0.15, 0.2) is 91.1 Å². The molecular formula is C20H19NO3. The molecule has 0 amide bonds. The van der Waals surface area contributed by atoms with E-state index in [1.807, 2.05) is 42.5 Å². The van der Waals surface area contributed by atoms with Crippen molar-refractivity contribution in [3.05, 3.63) is 96.7 Å². The van der Waals surface area contributed by atoms with Crippen LogP contribution in [0.25, 0.3) is 6.08 Å². The molecule has 122 valence electrons. The average molecular weight is 321 g/mol. The average Bonchev–Trinajstić information content (AvgIpc) is 2.64. The van der Waals surface area contributed by atoms with E-state index in [2.05, 4.69) is 5.48 Å². The molecule has 4 heteroatoms. The van der Waals surface area contributed by atoms with Crippen LogP contribution >= 0.6 is 0 Å². The van der Waals surface area contributed by atoms with Crippen LogP contribution in [0, 0.1) is 0 Å². The summed E-state index contributed by atoms with van der Waals surface area (Å²) in [6.45, 7) is 0. The van der Waals surface area contributed by atoms with Crippen molar-refractivity contribution >= 4 is 6.08 Å². The van der Waals surface area contributed by atoms with Gasteiger partial charge in [-0.15, -0.1) is 0 Å². The second-order valence-corrected chi connectivity index (χ2v) is 4.76. The fourth-order valence-corrected chi connectivity index (χ4v) is 1.79. The molecule has 0 aliphatic carbocycles. The first-order valence-corrected chi connectivity index (χ1v) is 7.41. The van der Waals surface area contributed by atoms with Gasteiger partial charge in [0, 0.05) is 11.8 Å². The molecule has 4 nitrogen and oxygen atoms in total. The number of para-hydroxylation sites is 3. The largest absolute Gasteiger partial charge is 0.508 e. The smallest absolute Gasteiger partial charge is 0.162 e. The first kappa shape index (κ1) is 17.0. The van der Waals surface area contributed by atoms with Gasteiger partial charge in [0.2, 0.25) is 0 Å². The molecule has 0 atom stereocenters. The maximum Gasteiger partial charge on any atom is 0.162 e.